The van der Waals surface area contributed by atoms with Gasteiger partial charge in [-0.25, -0.2) is 0 Å². The van der Waals surface area contributed by atoms with Crippen LogP contribution in [0.3, 0.4) is 0 Å². The molecule has 1 heterocycles. The van der Waals surface area contributed by atoms with Gasteiger partial charge in [0.25, 0.3) is 0 Å². The van der Waals surface area contributed by atoms with Gasteiger partial charge >= 0.3 is 0 Å². The fourth-order valence-electron chi connectivity index (χ4n) is 2.31. The number of aromatic nitrogens is 2. The molecule has 20 heavy (non-hydrogen) atoms. The van der Waals surface area contributed by atoms with Gasteiger partial charge in [-0.05, 0) is 24.6 Å². The molecule has 0 aliphatic heterocycles. The van der Waals surface area contributed by atoms with Crippen molar-refractivity contribution in [2.24, 2.45) is 7.05 Å². The SMILES string of the molecule is Cc1ccc(-c2cn(C)nc2-c2ccccc2O)cc1. The van der Waals surface area contributed by atoms with Gasteiger partial charge in [-0.2, -0.15) is 5.10 Å². The fourth-order valence-corrected chi connectivity index (χ4v) is 2.31. The first-order valence-electron chi connectivity index (χ1n) is 6.54. The molecule has 0 fully saturated rings. The topological polar surface area (TPSA) is 38.0 Å². The van der Waals surface area contributed by atoms with E-state index in [0.29, 0.717) is 0 Å². The molecule has 3 nitrogen and oxygen atoms in total. The van der Waals surface area contributed by atoms with E-state index in [2.05, 4.69) is 36.3 Å². The third-order valence-electron chi connectivity index (χ3n) is 3.35. The number of hydrogen-bond acceptors (Lipinski definition) is 2. The van der Waals surface area contributed by atoms with Gasteiger partial charge in [-0.15, -0.1) is 0 Å². The van der Waals surface area contributed by atoms with Crippen LogP contribution >= 0.6 is 0 Å². The summed E-state index contributed by atoms with van der Waals surface area (Å²) in [6, 6.07) is 15.6. The van der Waals surface area contributed by atoms with Gasteiger partial charge in [0.2, 0.25) is 0 Å². The van der Waals surface area contributed by atoms with Crippen molar-refractivity contribution in [3.05, 3.63) is 60.3 Å². The molecule has 0 saturated heterocycles. The second-order valence-corrected chi connectivity index (χ2v) is 4.95. The zero-order valence-corrected chi connectivity index (χ0v) is 11.5. The van der Waals surface area contributed by atoms with Gasteiger partial charge in [0, 0.05) is 24.4 Å². The van der Waals surface area contributed by atoms with Crippen LogP contribution in [0.1, 0.15) is 5.56 Å². The summed E-state index contributed by atoms with van der Waals surface area (Å²) in [7, 11) is 1.89. The van der Waals surface area contributed by atoms with Crippen LogP contribution in [0.4, 0.5) is 0 Å². The number of rotatable bonds is 2. The zero-order chi connectivity index (χ0) is 14.1. The quantitative estimate of drug-likeness (QED) is 0.765. The minimum absolute atomic E-state index is 0.250. The second kappa shape index (κ2) is 4.85. The summed E-state index contributed by atoms with van der Waals surface area (Å²) in [6.07, 6.45) is 1.98. The van der Waals surface area contributed by atoms with Gasteiger partial charge in [0.15, 0.2) is 0 Å². The summed E-state index contributed by atoms with van der Waals surface area (Å²) in [5.74, 6) is 0.250. The van der Waals surface area contributed by atoms with E-state index in [1.807, 2.05) is 31.4 Å². The highest BCUT2D eigenvalue weighted by molar-refractivity contribution is 5.83. The second-order valence-electron chi connectivity index (χ2n) is 4.95. The van der Waals surface area contributed by atoms with Crippen molar-refractivity contribution < 1.29 is 5.11 Å². The Balaban J connectivity index is 2.18. The van der Waals surface area contributed by atoms with Crippen LogP contribution in [0, 0.1) is 6.92 Å². The largest absolute Gasteiger partial charge is 0.507 e. The summed E-state index contributed by atoms with van der Waals surface area (Å²) < 4.78 is 1.77. The predicted octanol–water partition coefficient (Wildman–Crippen LogP) is 3.77. The molecule has 0 bridgehead atoms. The fraction of sp³-hybridized carbons (Fsp3) is 0.118. The molecular formula is C17H16N2O. The van der Waals surface area contributed by atoms with Crippen LogP contribution in [0.5, 0.6) is 5.75 Å². The number of nitrogens with zero attached hydrogens (tertiary/aromatic N) is 2. The Labute approximate surface area is 118 Å². The van der Waals surface area contributed by atoms with Gasteiger partial charge < -0.3 is 5.11 Å². The average molecular weight is 264 g/mol. The zero-order valence-electron chi connectivity index (χ0n) is 11.5. The van der Waals surface area contributed by atoms with E-state index in [1.165, 1.54) is 5.56 Å². The van der Waals surface area contributed by atoms with E-state index in [1.54, 1.807) is 10.7 Å². The Morgan fingerprint density at radius 3 is 2.35 bits per heavy atom. The Kier molecular flexibility index (Phi) is 3.03. The van der Waals surface area contributed by atoms with Crippen molar-refractivity contribution in [1.82, 2.24) is 9.78 Å². The molecule has 3 aromatic rings. The molecule has 3 heteroatoms. The summed E-state index contributed by atoms with van der Waals surface area (Å²) >= 11 is 0. The normalized spacial score (nSPS) is 10.7. The van der Waals surface area contributed by atoms with Crippen LogP contribution in [0.2, 0.25) is 0 Å². The summed E-state index contributed by atoms with van der Waals surface area (Å²) in [5.41, 5.74) is 4.90. The molecule has 0 atom stereocenters. The molecule has 0 amide bonds. The van der Waals surface area contributed by atoms with Crippen LogP contribution in [0.25, 0.3) is 22.4 Å². The minimum atomic E-state index is 0.250. The average Bonchev–Trinajstić information content (AvgIpc) is 2.82. The maximum Gasteiger partial charge on any atom is 0.125 e. The van der Waals surface area contributed by atoms with Gasteiger partial charge in [-0.1, -0.05) is 42.0 Å². The first-order valence-corrected chi connectivity index (χ1v) is 6.54. The first kappa shape index (κ1) is 12.5. The van der Waals surface area contributed by atoms with Crippen LogP contribution in [-0.4, -0.2) is 14.9 Å². The molecule has 1 aromatic heterocycles. The number of hydrogen-bond donors (Lipinski definition) is 1. The molecule has 100 valence electrons. The van der Waals surface area contributed by atoms with Gasteiger partial charge in [0.1, 0.15) is 11.4 Å². The standard InChI is InChI=1S/C17H16N2O/c1-12-7-9-13(10-8-12)15-11-19(2)18-17(15)14-5-3-4-6-16(14)20/h3-11,20H,1-2H3. The molecular weight excluding hydrogens is 248 g/mol. The van der Waals surface area contributed by atoms with Crippen molar-refractivity contribution in [1.29, 1.82) is 0 Å². The summed E-state index contributed by atoms with van der Waals surface area (Å²) in [6.45, 7) is 2.07. The van der Waals surface area contributed by atoms with E-state index in [9.17, 15) is 5.11 Å². The Hall–Kier alpha value is -2.55. The van der Waals surface area contributed by atoms with Crippen LogP contribution < -0.4 is 0 Å². The van der Waals surface area contributed by atoms with Crippen molar-refractivity contribution >= 4 is 0 Å². The summed E-state index contributed by atoms with van der Waals surface area (Å²) in [5, 5.41) is 14.5. The van der Waals surface area contributed by atoms with Crippen LogP contribution in [-0.2, 0) is 7.05 Å². The number of para-hydroxylation sites is 1. The number of phenolic OH excluding ortho intramolecular Hbond substituents is 1. The first-order chi connectivity index (χ1) is 9.65. The van der Waals surface area contributed by atoms with Crippen molar-refractivity contribution in [2.45, 2.75) is 6.92 Å². The van der Waals surface area contributed by atoms with Crippen molar-refractivity contribution in [3.63, 3.8) is 0 Å². The Morgan fingerprint density at radius 1 is 0.950 bits per heavy atom. The third-order valence-corrected chi connectivity index (χ3v) is 3.35. The molecule has 3 rings (SSSR count). The monoisotopic (exact) mass is 264 g/mol. The summed E-state index contributed by atoms with van der Waals surface area (Å²) in [4.78, 5) is 0. The maximum absolute atomic E-state index is 10.0. The Morgan fingerprint density at radius 2 is 1.65 bits per heavy atom. The van der Waals surface area contributed by atoms with E-state index in [0.717, 1.165) is 22.4 Å². The lowest BCUT2D eigenvalue weighted by atomic mass is 10.0. The van der Waals surface area contributed by atoms with Gasteiger partial charge in [0.05, 0.1) is 0 Å². The molecule has 0 spiro atoms. The number of benzene rings is 2. The van der Waals surface area contributed by atoms with E-state index >= 15 is 0 Å². The van der Waals surface area contributed by atoms with E-state index in [4.69, 9.17) is 0 Å². The minimum Gasteiger partial charge on any atom is -0.507 e. The van der Waals surface area contributed by atoms with Crippen molar-refractivity contribution in [3.8, 4) is 28.1 Å². The maximum atomic E-state index is 10.0. The Bertz CT molecular complexity index is 742. The molecule has 1 N–H and O–H groups in total. The van der Waals surface area contributed by atoms with E-state index in [-0.39, 0.29) is 5.75 Å². The smallest absolute Gasteiger partial charge is 0.125 e. The lowest BCUT2D eigenvalue weighted by Crippen LogP contribution is -1.88. The lowest BCUT2D eigenvalue weighted by Gasteiger charge is -2.05. The number of aryl methyl sites for hydroxylation is 2. The molecule has 0 aliphatic rings. The highest BCUT2D eigenvalue weighted by Crippen LogP contribution is 2.35. The van der Waals surface area contributed by atoms with E-state index < -0.39 is 0 Å². The highest BCUT2D eigenvalue weighted by atomic mass is 16.3. The number of phenols is 1. The lowest BCUT2D eigenvalue weighted by molar-refractivity contribution is 0.477. The molecule has 0 radical (unpaired) electrons. The molecule has 0 saturated carbocycles. The molecule has 2 aromatic carbocycles. The number of aromatic hydroxyl groups is 1. The van der Waals surface area contributed by atoms with Crippen molar-refractivity contribution in [2.75, 3.05) is 0 Å². The van der Waals surface area contributed by atoms with Crippen LogP contribution in [0.15, 0.2) is 54.7 Å². The van der Waals surface area contributed by atoms with Gasteiger partial charge in [-0.3, -0.25) is 4.68 Å². The third kappa shape index (κ3) is 2.18. The predicted molar refractivity (Wildman–Crippen MR) is 80.5 cm³/mol. The molecule has 0 aliphatic carbocycles. The molecule has 0 unspecified atom stereocenters. The highest BCUT2D eigenvalue weighted by Gasteiger charge is 2.14.